The lowest BCUT2D eigenvalue weighted by Gasteiger charge is -2.10. The number of nitrogens with zero attached hydrogens (tertiary/aromatic N) is 3. The van der Waals surface area contributed by atoms with Crippen molar-refractivity contribution < 1.29 is 9.18 Å². The lowest BCUT2D eigenvalue weighted by atomic mass is 10.1. The molecule has 0 aliphatic rings. The van der Waals surface area contributed by atoms with Crippen LogP contribution in [-0.2, 0) is 0 Å². The van der Waals surface area contributed by atoms with Crippen LogP contribution >= 0.6 is 12.2 Å². The van der Waals surface area contributed by atoms with Crippen LogP contribution in [0.2, 0.25) is 0 Å². The molecule has 0 spiro atoms. The van der Waals surface area contributed by atoms with Gasteiger partial charge in [-0.25, -0.2) is 4.39 Å². The molecule has 0 saturated carbocycles. The fraction of sp³-hybridized carbons (Fsp3) is 0. The standard InChI is InChI=1S/C24H16FN5OS/c25-18-7-10-20(11-8-18)30-28-21-12-9-19(14-22(21)29-30)26-24(32)27-23(31)17-6-5-15-3-1-2-4-16(15)13-17/h1-14H,(H2,26,27,31,32). The topological polar surface area (TPSA) is 71.8 Å². The van der Waals surface area contributed by atoms with Gasteiger partial charge in [0.25, 0.3) is 5.91 Å². The number of halogens is 1. The molecule has 1 aromatic heterocycles. The molecule has 0 saturated heterocycles. The Labute approximate surface area is 187 Å². The van der Waals surface area contributed by atoms with Crippen LogP contribution in [0.5, 0.6) is 0 Å². The first kappa shape index (κ1) is 19.8. The largest absolute Gasteiger partial charge is 0.332 e. The summed E-state index contributed by atoms with van der Waals surface area (Å²) >= 11 is 5.31. The molecule has 5 rings (SSSR count). The Kier molecular flexibility index (Phi) is 5.04. The number of fused-ring (bicyclic) bond motifs is 2. The lowest BCUT2D eigenvalue weighted by molar-refractivity contribution is 0.0978. The minimum Gasteiger partial charge on any atom is -0.332 e. The summed E-state index contributed by atoms with van der Waals surface area (Å²) in [6, 6.07) is 24.6. The Hall–Kier alpha value is -4.17. The molecule has 0 atom stereocenters. The highest BCUT2D eigenvalue weighted by Crippen LogP contribution is 2.18. The number of benzene rings is 4. The predicted molar refractivity (Wildman–Crippen MR) is 126 cm³/mol. The van der Waals surface area contributed by atoms with E-state index in [0.29, 0.717) is 28.0 Å². The van der Waals surface area contributed by atoms with Crippen LogP contribution < -0.4 is 10.6 Å². The van der Waals surface area contributed by atoms with Gasteiger partial charge in [0.1, 0.15) is 16.9 Å². The van der Waals surface area contributed by atoms with E-state index in [-0.39, 0.29) is 16.8 Å². The smallest absolute Gasteiger partial charge is 0.257 e. The number of aromatic nitrogens is 3. The summed E-state index contributed by atoms with van der Waals surface area (Å²) in [7, 11) is 0. The summed E-state index contributed by atoms with van der Waals surface area (Å²) in [5.74, 6) is -0.618. The Morgan fingerprint density at radius 2 is 1.59 bits per heavy atom. The van der Waals surface area contributed by atoms with Gasteiger partial charge in [0.2, 0.25) is 0 Å². The van der Waals surface area contributed by atoms with Gasteiger partial charge in [-0.3, -0.25) is 10.1 Å². The molecule has 0 unspecified atom stereocenters. The van der Waals surface area contributed by atoms with Gasteiger partial charge in [-0.1, -0.05) is 30.3 Å². The van der Waals surface area contributed by atoms with Crippen molar-refractivity contribution in [2.24, 2.45) is 0 Å². The van der Waals surface area contributed by atoms with Gasteiger partial charge >= 0.3 is 0 Å². The van der Waals surface area contributed by atoms with Crippen molar-refractivity contribution in [3.8, 4) is 5.69 Å². The second kappa shape index (κ2) is 8.16. The minimum absolute atomic E-state index is 0.174. The first-order valence-electron chi connectivity index (χ1n) is 9.79. The van der Waals surface area contributed by atoms with Crippen LogP contribution in [0.3, 0.4) is 0 Å². The van der Waals surface area contributed by atoms with Crippen molar-refractivity contribution in [3.05, 3.63) is 96.3 Å². The molecule has 1 heterocycles. The molecule has 5 aromatic rings. The molecule has 8 heteroatoms. The van der Waals surface area contributed by atoms with Gasteiger partial charge in [0.05, 0.1) is 5.69 Å². The Morgan fingerprint density at radius 1 is 0.844 bits per heavy atom. The van der Waals surface area contributed by atoms with E-state index in [1.807, 2.05) is 36.4 Å². The van der Waals surface area contributed by atoms with Gasteiger partial charge in [-0.2, -0.15) is 4.80 Å². The fourth-order valence-electron chi connectivity index (χ4n) is 3.35. The van der Waals surface area contributed by atoms with Crippen molar-refractivity contribution in [1.29, 1.82) is 0 Å². The summed E-state index contributed by atoms with van der Waals surface area (Å²) in [4.78, 5) is 14.0. The van der Waals surface area contributed by atoms with Crippen molar-refractivity contribution in [1.82, 2.24) is 20.3 Å². The maximum absolute atomic E-state index is 13.1. The summed E-state index contributed by atoms with van der Waals surface area (Å²) in [5.41, 5.74) is 3.13. The van der Waals surface area contributed by atoms with Gasteiger partial charge < -0.3 is 5.32 Å². The number of carbonyl (C=O) groups is 1. The Bertz CT molecular complexity index is 1480. The molecule has 156 valence electrons. The van der Waals surface area contributed by atoms with Crippen molar-refractivity contribution in [2.45, 2.75) is 0 Å². The molecule has 2 N–H and O–H groups in total. The van der Waals surface area contributed by atoms with Crippen LogP contribution in [0.4, 0.5) is 10.1 Å². The normalized spacial score (nSPS) is 10.9. The van der Waals surface area contributed by atoms with Crippen LogP contribution in [-0.4, -0.2) is 26.0 Å². The third-order valence-electron chi connectivity index (χ3n) is 4.93. The fourth-order valence-corrected chi connectivity index (χ4v) is 3.56. The molecule has 6 nitrogen and oxygen atoms in total. The zero-order chi connectivity index (χ0) is 22.1. The van der Waals surface area contributed by atoms with Crippen LogP contribution in [0.1, 0.15) is 10.4 Å². The van der Waals surface area contributed by atoms with E-state index in [0.717, 1.165) is 10.8 Å². The maximum atomic E-state index is 13.1. The van der Waals surface area contributed by atoms with E-state index in [1.165, 1.54) is 16.9 Å². The van der Waals surface area contributed by atoms with E-state index in [1.54, 1.807) is 36.4 Å². The molecule has 0 radical (unpaired) electrons. The summed E-state index contributed by atoms with van der Waals surface area (Å²) in [5, 5.41) is 16.7. The number of thiocarbonyl (C=S) groups is 1. The van der Waals surface area contributed by atoms with Gasteiger partial charge in [0.15, 0.2) is 5.11 Å². The Balaban J connectivity index is 1.30. The number of anilines is 1. The average Bonchev–Trinajstić information content (AvgIpc) is 3.22. The molecule has 32 heavy (non-hydrogen) atoms. The predicted octanol–water partition coefficient (Wildman–Crippen LogP) is 4.84. The van der Waals surface area contributed by atoms with Crippen molar-refractivity contribution >= 4 is 50.7 Å². The van der Waals surface area contributed by atoms with E-state index in [4.69, 9.17) is 12.2 Å². The summed E-state index contributed by atoms with van der Waals surface area (Å²) in [6.07, 6.45) is 0. The highest BCUT2D eigenvalue weighted by atomic mass is 32.1. The van der Waals surface area contributed by atoms with Crippen molar-refractivity contribution in [2.75, 3.05) is 5.32 Å². The Morgan fingerprint density at radius 3 is 2.41 bits per heavy atom. The zero-order valence-corrected chi connectivity index (χ0v) is 17.4. The van der Waals surface area contributed by atoms with Crippen LogP contribution in [0.25, 0.3) is 27.5 Å². The number of carbonyl (C=O) groups excluding carboxylic acids is 1. The van der Waals surface area contributed by atoms with Gasteiger partial charge in [-0.05, 0) is 77.6 Å². The van der Waals surface area contributed by atoms with E-state index in [9.17, 15) is 9.18 Å². The monoisotopic (exact) mass is 441 g/mol. The maximum Gasteiger partial charge on any atom is 0.257 e. The van der Waals surface area contributed by atoms with Gasteiger partial charge in [-0.15, -0.1) is 10.2 Å². The number of amides is 1. The van der Waals surface area contributed by atoms with Gasteiger partial charge in [0, 0.05) is 11.3 Å². The number of nitrogens with one attached hydrogen (secondary N) is 2. The van der Waals surface area contributed by atoms with Crippen LogP contribution in [0, 0.1) is 5.82 Å². The third-order valence-corrected chi connectivity index (χ3v) is 5.14. The summed E-state index contributed by atoms with van der Waals surface area (Å²) in [6.45, 7) is 0. The highest BCUT2D eigenvalue weighted by molar-refractivity contribution is 7.80. The molecular formula is C24H16FN5OS. The van der Waals surface area contributed by atoms with Crippen molar-refractivity contribution in [3.63, 3.8) is 0 Å². The van der Waals surface area contributed by atoms with Crippen LogP contribution in [0.15, 0.2) is 84.9 Å². The molecule has 4 aromatic carbocycles. The lowest BCUT2D eigenvalue weighted by Crippen LogP contribution is -2.34. The zero-order valence-electron chi connectivity index (χ0n) is 16.6. The SMILES string of the molecule is O=C(NC(=S)Nc1ccc2nn(-c3ccc(F)cc3)nc2c1)c1ccc2ccccc2c1. The summed E-state index contributed by atoms with van der Waals surface area (Å²) < 4.78 is 13.1. The molecule has 0 aliphatic carbocycles. The minimum atomic E-state index is -0.323. The number of hydrogen-bond acceptors (Lipinski definition) is 4. The van der Waals surface area contributed by atoms with E-state index < -0.39 is 0 Å². The third kappa shape index (κ3) is 4.03. The van der Waals surface area contributed by atoms with E-state index in [2.05, 4.69) is 20.8 Å². The highest BCUT2D eigenvalue weighted by Gasteiger charge is 2.10. The molecule has 0 bridgehead atoms. The number of rotatable bonds is 3. The second-order valence-corrected chi connectivity index (χ2v) is 7.55. The van der Waals surface area contributed by atoms with E-state index >= 15 is 0 Å². The molecule has 1 amide bonds. The molecule has 0 fully saturated rings. The first-order chi connectivity index (χ1) is 15.5. The number of hydrogen-bond donors (Lipinski definition) is 2. The average molecular weight is 441 g/mol. The quantitative estimate of drug-likeness (QED) is 0.392. The molecule has 0 aliphatic heterocycles. The second-order valence-electron chi connectivity index (χ2n) is 7.14. The first-order valence-corrected chi connectivity index (χ1v) is 10.2. The molecular weight excluding hydrogens is 425 g/mol.